The number of ether oxygens (including phenoxy) is 1. The van der Waals surface area contributed by atoms with Crippen LogP contribution in [0.5, 0.6) is 0 Å². The van der Waals surface area contributed by atoms with Crippen LogP contribution in [-0.4, -0.2) is 66.9 Å². The predicted molar refractivity (Wildman–Crippen MR) is 137 cm³/mol. The lowest BCUT2D eigenvalue weighted by atomic mass is 10.0. The van der Waals surface area contributed by atoms with Crippen LogP contribution in [0.2, 0.25) is 0 Å². The van der Waals surface area contributed by atoms with Crippen LogP contribution in [0.1, 0.15) is 42.2 Å². The molecule has 5 rings (SSSR count). The molecule has 0 spiro atoms. The van der Waals surface area contributed by atoms with Crippen molar-refractivity contribution in [3.8, 4) is 17.5 Å². The van der Waals surface area contributed by atoms with Crippen molar-refractivity contribution in [1.29, 1.82) is 5.26 Å². The molecule has 3 N–H and O–H groups in total. The summed E-state index contributed by atoms with van der Waals surface area (Å²) in [7, 11) is 0. The van der Waals surface area contributed by atoms with Crippen LogP contribution in [0, 0.1) is 11.3 Å². The van der Waals surface area contributed by atoms with Crippen molar-refractivity contribution < 1.29 is 19.0 Å². The van der Waals surface area contributed by atoms with Gasteiger partial charge in [-0.15, -0.1) is 0 Å². The van der Waals surface area contributed by atoms with Gasteiger partial charge in [-0.05, 0) is 44.5 Å². The molecule has 196 valence electrons. The summed E-state index contributed by atoms with van der Waals surface area (Å²) in [5.74, 6) is -0.549. The molecule has 5 heterocycles. The first kappa shape index (κ1) is 25.3. The second-order valence-electron chi connectivity index (χ2n) is 9.71. The average Bonchev–Trinajstić information content (AvgIpc) is 3.67. The largest absolute Gasteiger partial charge is 0.387 e. The van der Waals surface area contributed by atoms with E-state index in [4.69, 9.17) is 10.00 Å². The van der Waals surface area contributed by atoms with Crippen LogP contribution in [0.15, 0.2) is 49.1 Å². The molecule has 4 aromatic rings. The average molecular weight is 519 g/mol. The minimum Gasteiger partial charge on any atom is -0.387 e. The van der Waals surface area contributed by atoms with Gasteiger partial charge in [-0.2, -0.15) is 15.5 Å². The number of aromatic nitrogens is 5. The fourth-order valence-corrected chi connectivity index (χ4v) is 4.15. The molecular weight excluding hydrogens is 491 g/mol. The SMILES string of the molecule is CC(C)(O)[C@H](F)CNC(=O)c1cnc(-c2ccc3cc(C#N)cnn23)cc1Nc1cnn([C@H]2CCOC2)c1. The maximum Gasteiger partial charge on any atom is 0.255 e. The molecule has 1 saturated heterocycles. The zero-order chi connectivity index (χ0) is 26.9. The molecule has 1 fully saturated rings. The van der Waals surface area contributed by atoms with Gasteiger partial charge >= 0.3 is 0 Å². The Kier molecular flexibility index (Phi) is 6.79. The summed E-state index contributed by atoms with van der Waals surface area (Å²) in [4.78, 5) is 17.5. The fourth-order valence-electron chi connectivity index (χ4n) is 4.15. The molecule has 1 aliphatic heterocycles. The number of hydrogen-bond donors (Lipinski definition) is 3. The van der Waals surface area contributed by atoms with E-state index < -0.39 is 17.7 Å². The van der Waals surface area contributed by atoms with Gasteiger partial charge in [-0.1, -0.05) is 0 Å². The van der Waals surface area contributed by atoms with E-state index in [-0.39, 0.29) is 18.2 Å². The van der Waals surface area contributed by atoms with Crippen LogP contribution in [-0.2, 0) is 4.74 Å². The van der Waals surface area contributed by atoms with E-state index in [9.17, 15) is 14.3 Å². The minimum atomic E-state index is -1.65. The Labute approximate surface area is 217 Å². The molecule has 1 aliphatic rings. The van der Waals surface area contributed by atoms with Crippen LogP contribution < -0.4 is 10.6 Å². The Morgan fingerprint density at radius 1 is 1.32 bits per heavy atom. The lowest BCUT2D eigenvalue weighted by molar-refractivity contribution is -0.00177. The number of aliphatic hydroxyl groups is 1. The Balaban J connectivity index is 1.48. The van der Waals surface area contributed by atoms with Crippen LogP contribution in [0.3, 0.4) is 0 Å². The first-order valence-corrected chi connectivity index (χ1v) is 12.1. The number of carbonyl (C=O) groups excluding carboxylic acids is 1. The lowest BCUT2D eigenvalue weighted by Crippen LogP contribution is -2.42. The molecule has 38 heavy (non-hydrogen) atoms. The Hall–Kier alpha value is -4.34. The van der Waals surface area contributed by atoms with Crippen molar-refractivity contribution in [3.63, 3.8) is 0 Å². The number of alkyl halides is 1. The molecular formula is C26H27FN8O3. The summed E-state index contributed by atoms with van der Waals surface area (Å²) in [6.45, 7) is 3.59. The number of hydrogen-bond acceptors (Lipinski definition) is 8. The highest BCUT2D eigenvalue weighted by Gasteiger charge is 2.27. The molecule has 0 radical (unpaired) electrons. The van der Waals surface area contributed by atoms with E-state index in [1.54, 1.807) is 22.8 Å². The van der Waals surface area contributed by atoms with Gasteiger partial charge in [0.05, 0.1) is 76.6 Å². The number of anilines is 2. The molecule has 0 bridgehead atoms. The summed E-state index contributed by atoms with van der Waals surface area (Å²) < 4.78 is 23.2. The van der Waals surface area contributed by atoms with Crippen molar-refractivity contribution >= 4 is 22.8 Å². The molecule has 0 aliphatic carbocycles. The topological polar surface area (TPSA) is 142 Å². The normalized spacial score (nSPS) is 16.3. The molecule has 0 saturated carbocycles. The monoisotopic (exact) mass is 518 g/mol. The van der Waals surface area contributed by atoms with Gasteiger partial charge in [-0.25, -0.2) is 8.91 Å². The van der Waals surface area contributed by atoms with Gasteiger partial charge in [0.25, 0.3) is 5.91 Å². The van der Waals surface area contributed by atoms with Gasteiger partial charge in [0, 0.05) is 19.0 Å². The van der Waals surface area contributed by atoms with Crippen molar-refractivity contribution in [2.45, 2.75) is 38.1 Å². The zero-order valence-corrected chi connectivity index (χ0v) is 20.9. The van der Waals surface area contributed by atoms with E-state index in [0.29, 0.717) is 41.5 Å². The van der Waals surface area contributed by atoms with E-state index in [1.165, 1.54) is 26.2 Å². The number of pyridine rings is 1. The molecule has 1 amide bonds. The standard InChI is InChI=1S/C26H27FN8O3/c1-26(2,37)24(27)13-30-25(36)20-12-29-22(23-4-3-18-7-16(9-28)10-32-35(18)23)8-21(20)33-17-11-31-34(14-17)19-5-6-38-15-19/h3-4,7-8,10-12,14,19,24,37H,5-6,13,15H2,1-2H3,(H,29,33)(H,30,36)/t19-,24+/m0/s1. The number of carbonyl (C=O) groups is 1. The summed E-state index contributed by atoms with van der Waals surface area (Å²) >= 11 is 0. The Bertz CT molecular complexity index is 1510. The summed E-state index contributed by atoms with van der Waals surface area (Å²) in [6, 6.07) is 9.28. The minimum absolute atomic E-state index is 0.140. The number of amides is 1. The molecule has 12 heteroatoms. The molecule has 2 atom stereocenters. The van der Waals surface area contributed by atoms with Gasteiger partial charge in [-0.3, -0.25) is 14.5 Å². The second kappa shape index (κ2) is 10.2. The number of nitriles is 1. The van der Waals surface area contributed by atoms with E-state index in [2.05, 4.69) is 31.9 Å². The third-order valence-corrected chi connectivity index (χ3v) is 6.41. The number of fused-ring (bicyclic) bond motifs is 1. The maximum atomic E-state index is 14.3. The third kappa shape index (κ3) is 5.20. The lowest BCUT2D eigenvalue weighted by Gasteiger charge is -2.22. The van der Waals surface area contributed by atoms with Gasteiger partial charge in [0.2, 0.25) is 0 Å². The van der Waals surface area contributed by atoms with Crippen LogP contribution in [0.25, 0.3) is 16.9 Å². The highest BCUT2D eigenvalue weighted by atomic mass is 19.1. The van der Waals surface area contributed by atoms with Crippen molar-refractivity contribution in [2.24, 2.45) is 0 Å². The Morgan fingerprint density at radius 3 is 2.89 bits per heavy atom. The van der Waals surface area contributed by atoms with Crippen LogP contribution >= 0.6 is 0 Å². The Morgan fingerprint density at radius 2 is 2.16 bits per heavy atom. The van der Waals surface area contributed by atoms with E-state index >= 15 is 0 Å². The maximum absolute atomic E-state index is 14.3. The second-order valence-corrected chi connectivity index (χ2v) is 9.71. The summed E-state index contributed by atoms with van der Waals surface area (Å²) in [5, 5.41) is 33.6. The first-order valence-electron chi connectivity index (χ1n) is 12.1. The third-order valence-electron chi connectivity index (χ3n) is 6.41. The highest BCUT2D eigenvalue weighted by Crippen LogP contribution is 2.28. The molecule has 0 unspecified atom stereocenters. The highest BCUT2D eigenvalue weighted by molar-refractivity contribution is 6.00. The van der Waals surface area contributed by atoms with Crippen LogP contribution in [0.4, 0.5) is 15.8 Å². The quantitative estimate of drug-likeness (QED) is 0.323. The molecule has 0 aromatic carbocycles. The van der Waals surface area contributed by atoms with E-state index in [1.807, 2.05) is 23.0 Å². The number of nitrogens with one attached hydrogen (secondary N) is 2. The summed E-state index contributed by atoms with van der Waals surface area (Å²) in [5.41, 5.74) is 2.01. The van der Waals surface area contributed by atoms with Crippen molar-refractivity contribution in [1.82, 2.24) is 29.7 Å². The zero-order valence-electron chi connectivity index (χ0n) is 20.9. The molecule has 4 aromatic heterocycles. The number of rotatable bonds is 8. The van der Waals surface area contributed by atoms with Gasteiger partial charge in [0.15, 0.2) is 0 Å². The first-order chi connectivity index (χ1) is 18.2. The van der Waals surface area contributed by atoms with E-state index in [0.717, 1.165) is 11.9 Å². The van der Waals surface area contributed by atoms with Crippen molar-refractivity contribution in [3.05, 3.63) is 60.2 Å². The number of halogens is 1. The van der Waals surface area contributed by atoms with Gasteiger partial charge < -0.3 is 20.5 Å². The fraction of sp³-hybridized carbons (Fsp3) is 0.346. The van der Waals surface area contributed by atoms with Gasteiger partial charge in [0.1, 0.15) is 12.2 Å². The molecule has 11 nitrogen and oxygen atoms in total. The summed E-state index contributed by atoms with van der Waals surface area (Å²) in [6.07, 6.45) is 5.58. The number of nitrogens with zero attached hydrogens (tertiary/aromatic N) is 6. The van der Waals surface area contributed by atoms with Crippen molar-refractivity contribution in [2.75, 3.05) is 25.1 Å². The smallest absolute Gasteiger partial charge is 0.255 e. The predicted octanol–water partition coefficient (Wildman–Crippen LogP) is 3.01.